The number of nitrogens with one attached hydrogen (secondary N) is 1. The van der Waals surface area contributed by atoms with E-state index < -0.39 is 0 Å². The Hall–Kier alpha value is -1.77. The fraction of sp³-hybridized carbons (Fsp3) is 0.438. The first-order valence-electron chi connectivity index (χ1n) is 7.03. The van der Waals surface area contributed by atoms with Crippen LogP contribution in [-0.4, -0.2) is 11.7 Å². The Balaban J connectivity index is 2.11. The predicted octanol–water partition coefficient (Wildman–Crippen LogP) is 3.75. The highest BCUT2D eigenvalue weighted by molar-refractivity contribution is 5.54. The molecule has 0 fully saturated rings. The Morgan fingerprint density at radius 2 is 2.21 bits per heavy atom. The second kappa shape index (κ2) is 4.72. The standard InChI is InChI=1S/C16H20N2O/c1-3-17-14-11-19-18-15(14)16(2)10-6-8-12-7-4-5-9-13(12)16/h4-5,7,9,11,17H,3,6,8,10H2,1-2H3. The maximum atomic E-state index is 5.22. The maximum Gasteiger partial charge on any atom is 0.147 e. The van der Waals surface area contributed by atoms with Crippen molar-refractivity contribution < 1.29 is 4.52 Å². The quantitative estimate of drug-likeness (QED) is 0.909. The second-order valence-corrected chi connectivity index (χ2v) is 5.45. The van der Waals surface area contributed by atoms with Crippen molar-refractivity contribution in [3.8, 4) is 0 Å². The highest BCUT2D eigenvalue weighted by Crippen LogP contribution is 2.44. The lowest BCUT2D eigenvalue weighted by Gasteiger charge is -2.35. The summed E-state index contributed by atoms with van der Waals surface area (Å²) < 4.78 is 5.22. The highest BCUT2D eigenvalue weighted by Gasteiger charge is 2.37. The summed E-state index contributed by atoms with van der Waals surface area (Å²) in [5, 5.41) is 7.64. The lowest BCUT2D eigenvalue weighted by Crippen LogP contribution is -2.30. The summed E-state index contributed by atoms with van der Waals surface area (Å²) in [7, 11) is 0. The number of aryl methyl sites for hydroxylation is 1. The van der Waals surface area contributed by atoms with E-state index in [0.717, 1.165) is 24.3 Å². The number of hydrogen-bond donors (Lipinski definition) is 1. The largest absolute Gasteiger partial charge is 0.381 e. The Kier molecular flexibility index (Phi) is 3.05. The van der Waals surface area contributed by atoms with E-state index >= 15 is 0 Å². The number of nitrogens with zero attached hydrogens (tertiary/aromatic N) is 1. The molecule has 0 saturated carbocycles. The SMILES string of the molecule is CCNc1conc1C1(C)CCCc2ccccc21. The van der Waals surface area contributed by atoms with Crippen LogP contribution in [-0.2, 0) is 11.8 Å². The Labute approximate surface area is 114 Å². The van der Waals surface area contributed by atoms with E-state index in [1.54, 1.807) is 6.26 Å². The van der Waals surface area contributed by atoms with E-state index in [4.69, 9.17) is 4.52 Å². The van der Waals surface area contributed by atoms with Crippen molar-refractivity contribution in [2.45, 2.75) is 38.5 Å². The minimum atomic E-state index is -0.0423. The number of anilines is 1. The number of hydrogen-bond acceptors (Lipinski definition) is 3. The Morgan fingerprint density at radius 3 is 3.05 bits per heavy atom. The Morgan fingerprint density at radius 1 is 1.37 bits per heavy atom. The van der Waals surface area contributed by atoms with Crippen LogP contribution in [0.2, 0.25) is 0 Å². The van der Waals surface area contributed by atoms with Crippen LogP contribution in [0.1, 0.15) is 43.5 Å². The van der Waals surface area contributed by atoms with Crippen molar-refractivity contribution in [3.63, 3.8) is 0 Å². The lowest BCUT2D eigenvalue weighted by atomic mass is 9.69. The molecule has 19 heavy (non-hydrogen) atoms. The first kappa shape index (κ1) is 12.3. The van der Waals surface area contributed by atoms with E-state index in [1.165, 1.54) is 24.0 Å². The number of rotatable bonds is 3. The van der Waals surface area contributed by atoms with E-state index in [-0.39, 0.29) is 5.41 Å². The summed E-state index contributed by atoms with van der Waals surface area (Å²) in [4.78, 5) is 0. The molecule has 0 spiro atoms. The molecule has 1 heterocycles. The molecule has 1 unspecified atom stereocenters. The van der Waals surface area contributed by atoms with Crippen LogP contribution < -0.4 is 5.32 Å². The summed E-state index contributed by atoms with van der Waals surface area (Å²) >= 11 is 0. The molecule has 100 valence electrons. The van der Waals surface area contributed by atoms with Crippen molar-refractivity contribution in [2.24, 2.45) is 0 Å². The molecule has 0 radical (unpaired) electrons. The lowest BCUT2D eigenvalue weighted by molar-refractivity contribution is 0.376. The molecule has 1 N–H and O–H groups in total. The summed E-state index contributed by atoms with van der Waals surface area (Å²) in [5.74, 6) is 0. The van der Waals surface area contributed by atoms with Gasteiger partial charge < -0.3 is 9.84 Å². The van der Waals surface area contributed by atoms with Crippen molar-refractivity contribution in [2.75, 3.05) is 11.9 Å². The van der Waals surface area contributed by atoms with Gasteiger partial charge in [0.15, 0.2) is 0 Å². The van der Waals surface area contributed by atoms with Gasteiger partial charge in [-0.15, -0.1) is 0 Å². The smallest absolute Gasteiger partial charge is 0.147 e. The minimum Gasteiger partial charge on any atom is -0.381 e. The van der Waals surface area contributed by atoms with E-state index in [1.807, 2.05) is 0 Å². The van der Waals surface area contributed by atoms with Gasteiger partial charge in [-0.3, -0.25) is 0 Å². The third kappa shape index (κ3) is 1.93. The molecule has 1 aromatic carbocycles. The van der Waals surface area contributed by atoms with Crippen LogP contribution in [0.5, 0.6) is 0 Å². The molecule has 3 heteroatoms. The number of aromatic nitrogens is 1. The van der Waals surface area contributed by atoms with Crippen molar-refractivity contribution in [3.05, 3.63) is 47.3 Å². The molecule has 0 saturated heterocycles. The fourth-order valence-corrected chi connectivity index (χ4v) is 3.24. The third-order valence-corrected chi connectivity index (χ3v) is 4.19. The molecular formula is C16H20N2O. The van der Waals surface area contributed by atoms with E-state index in [2.05, 4.69) is 48.6 Å². The van der Waals surface area contributed by atoms with Crippen LogP contribution in [0.3, 0.4) is 0 Å². The molecule has 1 aliphatic carbocycles. The zero-order chi connectivity index (χ0) is 13.3. The molecule has 0 amide bonds. The normalized spacial score (nSPS) is 22.0. The minimum absolute atomic E-state index is 0.0423. The first-order valence-corrected chi connectivity index (χ1v) is 7.03. The van der Waals surface area contributed by atoms with Gasteiger partial charge >= 0.3 is 0 Å². The van der Waals surface area contributed by atoms with Crippen LogP contribution in [0.15, 0.2) is 35.1 Å². The van der Waals surface area contributed by atoms with Gasteiger partial charge in [0.05, 0.1) is 5.69 Å². The molecule has 0 aliphatic heterocycles. The van der Waals surface area contributed by atoms with Crippen LogP contribution in [0, 0.1) is 0 Å². The first-order chi connectivity index (χ1) is 9.25. The molecule has 1 aromatic heterocycles. The monoisotopic (exact) mass is 256 g/mol. The van der Waals surface area contributed by atoms with Gasteiger partial charge in [0.1, 0.15) is 12.0 Å². The zero-order valence-corrected chi connectivity index (χ0v) is 11.6. The van der Waals surface area contributed by atoms with Gasteiger partial charge in [-0.05, 0) is 44.2 Å². The third-order valence-electron chi connectivity index (χ3n) is 4.19. The number of benzene rings is 1. The molecule has 3 rings (SSSR count). The van der Waals surface area contributed by atoms with Crippen LogP contribution in [0.25, 0.3) is 0 Å². The highest BCUT2D eigenvalue weighted by atomic mass is 16.5. The average Bonchev–Trinajstić information content (AvgIpc) is 2.89. The summed E-state index contributed by atoms with van der Waals surface area (Å²) in [6.07, 6.45) is 5.21. The van der Waals surface area contributed by atoms with Gasteiger partial charge in [0.2, 0.25) is 0 Å². The van der Waals surface area contributed by atoms with E-state index in [0.29, 0.717) is 0 Å². The van der Waals surface area contributed by atoms with Gasteiger partial charge in [-0.25, -0.2) is 0 Å². The molecule has 1 aliphatic rings. The van der Waals surface area contributed by atoms with Gasteiger partial charge in [-0.2, -0.15) is 0 Å². The van der Waals surface area contributed by atoms with Crippen LogP contribution >= 0.6 is 0 Å². The zero-order valence-electron chi connectivity index (χ0n) is 11.6. The summed E-state index contributed by atoms with van der Waals surface area (Å²) in [6, 6.07) is 8.71. The molecule has 1 atom stereocenters. The fourth-order valence-electron chi connectivity index (χ4n) is 3.24. The predicted molar refractivity (Wildman–Crippen MR) is 76.5 cm³/mol. The van der Waals surface area contributed by atoms with Gasteiger partial charge in [0, 0.05) is 12.0 Å². The van der Waals surface area contributed by atoms with Gasteiger partial charge in [-0.1, -0.05) is 29.4 Å². The van der Waals surface area contributed by atoms with Crippen LogP contribution in [0.4, 0.5) is 5.69 Å². The molecule has 2 aromatic rings. The number of fused-ring (bicyclic) bond motifs is 1. The molecule has 0 bridgehead atoms. The van der Waals surface area contributed by atoms with Crippen molar-refractivity contribution >= 4 is 5.69 Å². The topological polar surface area (TPSA) is 38.1 Å². The van der Waals surface area contributed by atoms with Gasteiger partial charge in [0.25, 0.3) is 0 Å². The average molecular weight is 256 g/mol. The maximum absolute atomic E-state index is 5.22. The molecular weight excluding hydrogens is 236 g/mol. The van der Waals surface area contributed by atoms with Crippen molar-refractivity contribution in [1.82, 2.24) is 5.16 Å². The summed E-state index contributed by atoms with van der Waals surface area (Å²) in [6.45, 7) is 5.25. The second-order valence-electron chi connectivity index (χ2n) is 5.45. The Bertz CT molecular complexity index is 576. The molecule has 3 nitrogen and oxygen atoms in total. The van der Waals surface area contributed by atoms with Crippen molar-refractivity contribution in [1.29, 1.82) is 0 Å². The van der Waals surface area contributed by atoms with E-state index in [9.17, 15) is 0 Å². The summed E-state index contributed by atoms with van der Waals surface area (Å²) in [5.41, 5.74) is 4.87.